The number of aryl methyl sites for hydroxylation is 1. The van der Waals surface area contributed by atoms with Gasteiger partial charge in [-0.15, -0.1) is 5.10 Å². The van der Waals surface area contributed by atoms with Crippen molar-refractivity contribution in [3.05, 3.63) is 41.7 Å². The minimum Gasteiger partial charge on any atom is -0.497 e. The molecule has 2 rings (SSSR count). The fourth-order valence-corrected chi connectivity index (χ4v) is 2.15. The molecule has 0 unspecified atom stereocenters. The van der Waals surface area contributed by atoms with Crippen LogP contribution in [0.25, 0.3) is 0 Å². The molecule has 0 aliphatic heterocycles. The Balaban J connectivity index is 1.98. The number of ether oxygens (including phenoxy) is 1. The minimum atomic E-state index is -3.97. The van der Waals surface area contributed by atoms with Gasteiger partial charge in [0.05, 0.1) is 25.1 Å². The van der Waals surface area contributed by atoms with Gasteiger partial charge in [-0.1, -0.05) is 17.3 Å². The standard InChI is InChI=1S/C12H15N3O4S/c1-19-12-4-2-10(3-5-12)8-15-9-11(13-14-15)6-7-20(16,17)18/h2-5,9H,6-8H2,1H3,(H,16,17,18). The van der Waals surface area contributed by atoms with Gasteiger partial charge in [-0.2, -0.15) is 8.42 Å². The Bertz CT molecular complexity index is 664. The molecule has 0 fully saturated rings. The van der Waals surface area contributed by atoms with Gasteiger partial charge in [0, 0.05) is 12.6 Å². The van der Waals surface area contributed by atoms with E-state index >= 15 is 0 Å². The summed E-state index contributed by atoms with van der Waals surface area (Å²) in [6, 6.07) is 7.54. The van der Waals surface area contributed by atoms with Crippen LogP contribution >= 0.6 is 0 Å². The average Bonchev–Trinajstić information content (AvgIpc) is 2.84. The van der Waals surface area contributed by atoms with E-state index in [1.165, 1.54) is 0 Å². The van der Waals surface area contributed by atoms with E-state index in [2.05, 4.69) is 10.3 Å². The summed E-state index contributed by atoms with van der Waals surface area (Å²) in [5, 5.41) is 7.78. The van der Waals surface area contributed by atoms with E-state index in [0.29, 0.717) is 12.2 Å². The predicted octanol–water partition coefficient (Wildman–Crippen LogP) is 0.765. The number of aromatic nitrogens is 3. The summed E-state index contributed by atoms with van der Waals surface area (Å²) in [4.78, 5) is 0. The van der Waals surface area contributed by atoms with Crippen LogP contribution in [-0.4, -0.2) is 40.8 Å². The number of hydrogen-bond acceptors (Lipinski definition) is 5. The Kier molecular flexibility index (Phi) is 4.35. The van der Waals surface area contributed by atoms with Crippen molar-refractivity contribution in [3.8, 4) is 5.75 Å². The van der Waals surface area contributed by atoms with Gasteiger partial charge in [-0.25, -0.2) is 4.68 Å². The molecular formula is C12H15N3O4S. The monoisotopic (exact) mass is 297 g/mol. The first-order chi connectivity index (χ1) is 9.46. The van der Waals surface area contributed by atoms with Crippen LogP contribution in [0.2, 0.25) is 0 Å². The van der Waals surface area contributed by atoms with Gasteiger partial charge in [-0.05, 0) is 17.7 Å². The average molecular weight is 297 g/mol. The summed E-state index contributed by atoms with van der Waals surface area (Å²) in [6.45, 7) is 0.531. The molecule has 7 nitrogen and oxygen atoms in total. The summed E-state index contributed by atoms with van der Waals surface area (Å²) < 4.78 is 36.7. The van der Waals surface area contributed by atoms with E-state index in [-0.39, 0.29) is 12.2 Å². The zero-order valence-electron chi connectivity index (χ0n) is 10.9. The molecule has 2 aromatic rings. The fraction of sp³-hybridized carbons (Fsp3) is 0.333. The van der Waals surface area contributed by atoms with Gasteiger partial charge in [0.1, 0.15) is 5.75 Å². The minimum absolute atomic E-state index is 0.140. The highest BCUT2D eigenvalue weighted by Gasteiger charge is 2.08. The smallest absolute Gasteiger partial charge is 0.265 e. The highest BCUT2D eigenvalue weighted by atomic mass is 32.2. The lowest BCUT2D eigenvalue weighted by Gasteiger charge is -2.02. The lowest BCUT2D eigenvalue weighted by molar-refractivity contribution is 0.414. The molecule has 0 atom stereocenters. The van der Waals surface area contributed by atoms with Crippen molar-refractivity contribution in [2.75, 3.05) is 12.9 Å². The molecule has 1 N–H and O–H groups in total. The highest BCUT2D eigenvalue weighted by molar-refractivity contribution is 7.85. The largest absolute Gasteiger partial charge is 0.497 e. The maximum atomic E-state index is 10.7. The Morgan fingerprint density at radius 2 is 2.00 bits per heavy atom. The summed E-state index contributed by atoms with van der Waals surface area (Å²) in [5.41, 5.74) is 1.55. The van der Waals surface area contributed by atoms with Crippen LogP contribution in [0.3, 0.4) is 0 Å². The summed E-state index contributed by atoms with van der Waals surface area (Å²) in [6.07, 6.45) is 1.80. The molecule has 20 heavy (non-hydrogen) atoms. The summed E-state index contributed by atoms with van der Waals surface area (Å²) in [5.74, 6) is 0.426. The van der Waals surface area contributed by atoms with Crippen molar-refractivity contribution < 1.29 is 17.7 Å². The van der Waals surface area contributed by atoms with Gasteiger partial charge in [0.25, 0.3) is 10.1 Å². The third-order valence-electron chi connectivity index (χ3n) is 2.71. The molecule has 0 aliphatic rings. The number of hydrogen-bond donors (Lipinski definition) is 1. The first kappa shape index (κ1) is 14.5. The molecule has 108 valence electrons. The zero-order chi connectivity index (χ0) is 14.6. The second kappa shape index (κ2) is 6.02. The van der Waals surface area contributed by atoms with Crippen LogP contribution in [-0.2, 0) is 23.1 Å². The highest BCUT2D eigenvalue weighted by Crippen LogP contribution is 2.12. The third-order valence-corrected chi connectivity index (χ3v) is 3.43. The zero-order valence-corrected chi connectivity index (χ0v) is 11.7. The van der Waals surface area contributed by atoms with Crippen LogP contribution < -0.4 is 4.74 Å². The molecule has 0 radical (unpaired) electrons. The molecule has 0 saturated carbocycles. The van der Waals surface area contributed by atoms with E-state index in [1.54, 1.807) is 18.0 Å². The normalized spacial score (nSPS) is 11.5. The molecule has 0 spiro atoms. The van der Waals surface area contributed by atoms with Crippen LogP contribution in [0.1, 0.15) is 11.3 Å². The van der Waals surface area contributed by atoms with Crippen molar-refractivity contribution in [1.82, 2.24) is 15.0 Å². The number of rotatable bonds is 6. The van der Waals surface area contributed by atoms with Gasteiger partial charge < -0.3 is 4.74 Å². The van der Waals surface area contributed by atoms with E-state index in [0.717, 1.165) is 11.3 Å². The second-order valence-electron chi connectivity index (χ2n) is 4.29. The molecule has 1 aromatic heterocycles. The van der Waals surface area contributed by atoms with E-state index < -0.39 is 10.1 Å². The van der Waals surface area contributed by atoms with Crippen molar-refractivity contribution in [2.24, 2.45) is 0 Å². The van der Waals surface area contributed by atoms with Crippen molar-refractivity contribution in [1.29, 1.82) is 0 Å². The number of methoxy groups -OCH3 is 1. The van der Waals surface area contributed by atoms with Crippen molar-refractivity contribution >= 4 is 10.1 Å². The first-order valence-electron chi connectivity index (χ1n) is 5.93. The molecule has 0 aliphatic carbocycles. The molecule has 8 heteroatoms. The van der Waals surface area contributed by atoms with E-state index in [4.69, 9.17) is 9.29 Å². The van der Waals surface area contributed by atoms with Gasteiger partial charge in [0.15, 0.2) is 0 Å². The summed E-state index contributed by atoms with van der Waals surface area (Å²) in [7, 11) is -2.37. The van der Waals surface area contributed by atoms with Crippen LogP contribution in [0.5, 0.6) is 5.75 Å². The van der Waals surface area contributed by atoms with Crippen LogP contribution in [0.15, 0.2) is 30.5 Å². The maximum absolute atomic E-state index is 10.7. The Morgan fingerprint density at radius 1 is 1.30 bits per heavy atom. The first-order valence-corrected chi connectivity index (χ1v) is 7.54. The quantitative estimate of drug-likeness (QED) is 0.791. The van der Waals surface area contributed by atoms with Gasteiger partial charge in [-0.3, -0.25) is 4.55 Å². The van der Waals surface area contributed by atoms with Crippen LogP contribution in [0.4, 0.5) is 0 Å². The van der Waals surface area contributed by atoms with E-state index in [1.807, 2.05) is 24.3 Å². The van der Waals surface area contributed by atoms with Crippen LogP contribution in [0, 0.1) is 0 Å². The molecular weight excluding hydrogens is 282 g/mol. The predicted molar refractivity (Wildman–Crippen MR) is 72.2 cm³/mol. The number of nitrogens with zero attached hydrogens (tertiary/aromatic N) is 3. The summed E-state index contributed by atoms with van der Waals surface area (Å²) >= 11 is 0. The van der Waals surface area contributed by atoms with Crippen molar-refractivity contribution in [3.63, 3.8) is 0 Å². The van der Waals surface area contributed by atoms with Crippen molar-refractivity contribution in [2.45, 2.75) is 13.0 Å². The molecule has 0 bridgehead atoms. The van der Waals surface area contributed by atoms with Gasteiger partial charge >= 0.3 is 0 Å². The fourth-order valence-electron chi connectivity index (χ4n) is 1.68. The lowest BCUT2D eigenvalue weighted by Crippen LogP contribution is -2.06. The number of benzene rings is 1. The van der Waals surface area contributed by atoms with E-state index in [9.17, 15) is 8.42 Å². The molecule has 1 heterocycles. The molecule has 1 aromatic carbocycles. The van der Waals surface area contributed by atoms with Gasteiger partial charge in [0.2, 0.25) is 0 Å². The SMILES string of the molecule is COc1ccc(Cn2cc(CCS(=O)(=O)O)nn2)cc1. The third kappa shape index (κ3) is 4.32. The topological polar surface area (TPSA) is 94.3 Å². The Hall–Kier alpha value is -1.93. The molecule has 0 saturated heterocycles. The molecule has 0 amide bonds. The Labute approximate surface area is 116 Å². The lowest BCUT2D eigenvalue weighted by atomic mass is 10.2. The Morgan fingerprint density at radius 3 is 2.60 bits per heavy atom. The second-order valence-corrected chi connectivity index (χ2v) is 5.86. The maximum Gasteiger partial charge on any atom is 0.265 e.